The average molecular weight is 425 g/mol. The van der Waals surface area contributed by atoms with E-state index in [1.807, 2.05) is 31.2 Å². The molecule has 0 aliphatic carbocycles. The van der Waals surface area contributed by atoms with Gasteiger partial charge in [0.2, 0.25) is 0 Å². The van der Waals surface area contributed by atoms with Crippen LogP contribution in [0.2, 0.25) is 0 Å². The maximum absolute atomic E-state index is 14.0. The summed E-state index contributed by atoms with van der Waals surface area (Å²) in [6.07, 6.45) is 1.51. The zero-order valence-corrected chi connectivity index (χ0v) is 17.4. The Morgan fingerprint density at radius 1 is 1.26 bits per heavy atom. The lowest BCUT2D eigenvalue weighted by Crippen LogP contribution is -2.36. The number of aliphatic hydroxyl groups excluding tert-OH is 1. The second kappa shape index (κ2) is 8.51. The van der Waals surface area contributed by atoms with Gasteiger partial charge in [-0.1, -0.05) is 24.3 Å². The Bertz CT molecular complexity index is 1060. The quantitative estimate of drug-likeness (QED) is 0.449. The van der Waals surface area contributed by atoms with Gasteiger partial charge in [0.05, 0.1) is 30.4 Å². The highest BCUT2D eigenvalue weighted by molar-refractivity contribution is 6.46. The van der Waals surface area contributed by atoms with Crippen LogP contribution >= 0.6 is 0 Å². The molecule has 4 rings (SSSR count). The first-order valence-electron chi connectivity index (χ1n) is 10.2. The third-order valence-electron chi connectivity index (χ3n) is 5.86. The number of ketones is 1. The lowest BCUT2D eigenvalue weighted by atomic mass is 9.92. The van der Waals surface area contributed by atoms with Crippen LogP contribution in [-0.2, 0) is 14.3 Å². The summed E-state index contributed by atoms with van der Waals surface area (Å²) in [4.78, 5) is 27.6. The summed E-state index contributed by atoms with van der Waals surface area (Å²) in [6, 6.07) is 10.2. The van der Waals surface area contributed by atoms with E-state index < -0.39 is 29.3 Å². The van der Waals surface area contributed by atoms with Crippen LogP contribution in [0.1, 0.15) is 35.6 Å². The highest BCUT2D eigenvalue weighted by atomic mass is 19.1. The van der Waals surface area contributed by atoms with Crippen molar-refractivity contribution in [3.05, 3.63) is 70.5 Å². The minimum Gasteiger partial charge on any atom is -0.507 e. The van der Waals surface area contributed by atoms with Gasteiger partial charge in [0.1, 0.15) is 17.3 Å². The Balaban J connectivity index is 1.89. The van der Waals surface area contributed by atoms with Gasteiger partial charge in [0.25, 0.3) is 11.7 Å². The molecule has 1 amide bonds. The number of carbonyl (C=O) groups excluding carboxylic acids is 2. The molecule has 2 fully saturated rings. The molecular weight excluding hydrogens is 401 g/mol. The van der Waals surface area contributed by atoms with Crippen LogP contribution in [0.5, 0.6) is 5.75 Å². The number of aryl methyl sites for hydroxylation is 1. The molecular formula is C24H24FNO5. The standard InChI is InChI=1S/C24H24FNO5/c1-14-6-3-4-8-17(14)21-20(22(27)18-12-15(25)9-10-19(18)30-2)23(28)24(29)26(21)13-16-7-5-11-31-16/h3-4,6,8-10,12,16,21,27H,5,7,11,13H2,1-2H3/b22-20+. The van der Waals surface area contributed by atoms with Crippen molar-refractivity contribution in [3.63, 3.8) is 0 Å². The number of methoxy groups -OCH3 is 1. The molecule has 162 valence electrons. The summed E-state index contributed by atoms with van der Waals surface area (Å²) in [5.41, 5.74) is 1.53. The molecule has 2 saturated heterocycles. The van der Waals surface area contributed by atoms with E-state index in [9.17, 15) is 19.1 Å². The normalized spacial score (nSPS) is 22.9. The molecule has 2 heterocycles. The first-order chi connectivity index (χ1) is 14.9. The Hall–Kier alpha value is -3.19. The van der Waals surface area contributed by atoms with Gasteiger partial charge < -0.3 is 19.5 Å². The maximum atomic E-state index is 14.0. The van der Waals surface area contributed by atoms with Crippen molar-refractivity contribution in [2.45, 2.75) is 31.9 Å². The topological polar surface area (TPSA) is 76.1 Å². The zero-order chi connectivity index (χ0) is 22.1. The number of amides is 1. The second-order valence-electron chi connectivity index (χ2n) is 7.79. The van der Waals surface area contributed by atoms with Crippen molar-refractivity contribution in [3.8, 4) is 5.75 Å². The SMILES string of the molecule is COc1ccc(F)cc1/C(O)=C1\C(=O)C(=O)N(CC2CCCO2)C1c1ccccc1C. The zero-order valence-electron chi connectivity index (χ0n) is 17.4. The van der Waals surface area contributed by atoms with Gasteiger partial charge in [-0.2, -0.15) is 0 Å². The number of aliphatic hydroxyl groups is 1. The summed E-state index contributed by atoms with van der Waals surface area (Å²) in [7, 11) is 1.39. The van der Waals surface area contributed by atoms with Crippen LogP contribution in [0.25, 0.3) is 5.76 Å². The molecule has 0 aromatic heterocycles. The van der Waals surface area contributed by atoms with Crippen LogP contribution in [0.3, 0.4) is 0 Å². The summed E-state index contributed by atoms with van der Waals surface area (Å²) in [6.45, 7) is 2.73. The lowest BCUT2D eigenvalue weighted by Gasteiger charge is -2.28. The van der Waals surface area contributed by atoms with Crippen molar-refractivity contribution in [1.82, 2.24) is 4.90 Å². The highest BCUT2D eigenvalue weighted by Gasteiger charge is 2.47. The number of hydrogen-bond donors (Lipinski definition) is 1. The minimum atomic E-state index is -0.810. The van der Waals surface area contributed by atoms with Crippen LogP contribution in [0.4, 0.5) is 4.39 Å². The molecule has 0 saturated carbocycles. The molecule has 0 radical (unpaired) electrons. The molecule has 2 aliphatic rings. The first-order valence-corrected chi connectivity index (χ1v) is 10.2. The molecule has 1 N–H and O–H groups in total. The number of likely N-dealkylation sites (tertiary alicyclic amines) is 1. The molecule has 31 heavy (non-hydrogen) atoms. The van der Waals surface area contributed by atoms with Crippen molar-refractivity contribution < 1.29 is 28.6 Å². The van der Waals surface area contributed by atoms with E-state index >= 15 is 0 Å². The number of benzene rings is 2. The molecule has 2 aromatic carbocycles. The first kappa shape index (κ1) is 21.1. The molecule has 2 aromatic rings. The molecule has 6 nitrogen and oxygen atoms in total. The van der Waals surface area contributed by atoms with Gasteiger partial charge in [-0.15, -0.1) is 0 Å². The number of rotatable bonds is 5. The Morgan fingerprint density at radius 3 is 2.71 bits per heavy atom. The smallest absolute Gasteiger partial charge is 0.295 e. The average Bonchev–Trinajstić information content (AvgIpc) is 3.36. The lowest BCUT2D eigenvalue weighted by molar-refractivity contribution is -0.140. The molecule has 2 atom stereocenters. The maximum Gasteiger partial charge on any atom is 0.295 e. The minimum absolute atomic E-state index is 0.0243. The number of hydrogen-bond acceptors (Lipinski definition) is 5. The number of nitrogens with zero attached hydrogens (tertiary/aromatic N) is 1. The number of Topliss-reactive ketones (excluding diaryl/α,β-unsaturated/α-hetero) is 1. The van der Waals surface area contributed by atoms with E-state index in [1.54, 1.807) is 0 Å². The fraction of sp³-hybridized carbons (Fsp3) is 0.333. The predicted molar refractivity (Wildman–Crippen MR) is 112 cm³/mol. The van der Waals surface area contributed by atoms with Crippen molar-refractivity contribution in [2.75, 3.05) is 20.3 Å². The van der Waals surface area contributed by atoms with Crippen LogP contribution in [0.15, 0.2) is 48.0 Å². The fourth-order valence-electron chi connectivity index (χ4n) is 4.30. The fourth-order valence-corrected chi connectivity index (χ4v) is 4.30. The second-order valence-corrected chi connectivity index (χ2v) is 7.79. The molecule has 0 bridgehead atoms. The molecule has 2 unspecified atom stereocenters. The Labute approximate surface area is 179 Å². The van der Waals surface area contributed by atoms with Gasteiger partial charge in [-0.25, -0.2) is 4.39 Å². The number of carbonyl (C=O) groups is 2. The predicted octanol–water partition coefficient (Wildman–Crippen LogP) is 3.74. The summed E-state index contributed by atoms with van der Waals surface area (Å²) < 4.78 is 24.9. The summed E-state index contributed by atoms with van der Waals surface area (Å²) in [5.74, 6) is -2.37. The van der Waals surface area contributed by atoms with Gasteiger partial charge >= 0.3 is 0 Å². The highest BCUT2D eigenvalue weighted by Crippen LogP contribution is 2.42. The third kappa shape index (κ3) is 3.81. The number of halogens is 1. The van der Waals surface area contributed by atoms with Gasteiger partial charge in [0, 0.05) is 13.2 Å². The van der Waals surface area contributed by atoms with E-state index in [4.69, 9.17) is 9.47 Å². The Kier molecular flexibility index (Phi) is 5.78. The molecule has 2 aliphatic heterocycles. The molecule has 7 heteroatoms. The molecule has 0 spiro atoms. The van der Waals surface area contributed by atoms with Crippen molar-refractivity contribution in [1.29, 1.82) is 0 Å². The third-order valence-corrected chi connectivity index (χ3v) is 5.86. The van der Waals surface area contributed by atoms with E-state index in [1.165, 1.54) is 24.1 Å². The van der Waals surface area contributed by atoms with Crippen molar-refractivity contribution in [2.24, 2.45) is 0 Å². The Morgan fingerprint density at radius 2 is 2.03 bits per heavy atom. The monoisotopic (exact) mass is 425 g/mol. The largest absolute Gasteiger partial charge is 0.507 e. The van der Waals surface area contributed by atoms with Crippen molar-refractivity contribution >= 4 is 17.4 Å². The van der Waals surface area contributed by atoms with E-state index in [2.05, 4.69) is 0 Å². The van der Waals surface area contributed by atoms with Gasteiger partial charge in [0.15, 0.2) is 0 Å². The van der Waals surface area contributed by atoms with E-state index in [-0.39, 0.29) is 29.5 Å². The van der Waals surface area contributed by atoms with E-state index in [0.29, 0.717) is 6.61 Å². The van der Waals surface area contributed by atoms with Crippen LogP contribution < -0.4 is 4.74 Å². The van der Waals surface area contributed by atoms with E-state index in [0.717, 1.165) is 30.0 Å². The number of ether oxygens (including phenoxy) is 2. The van der Waals surface area contributed by atoms with Gasteiger partial charge in [-0.05, 0) is 49.1 Å². The van der Waals surface area contributed by atoms with Crippen LogP contribution in [-0.4, -0.2) is 48.1 Å². The van der Waals surface area contributed by atoms with Crippen LogP contribution in [0, 0.1) is 12.7 Å². The summed E-state index contributed by atoms with van der Waals surface area (Å²) >= 11 is 0. The summed E-state index contributed by atoms with van der Waals surface area (Å²) in [5, 5.41) is 11.1. The van der Waals surface area contributed by atoms with Gasteiger partial charge in [-0.3, -0.25) is 9.59 Å².